The van der Waals surface area contributed by atoms with Gasteiger partial charge in [-0.1, -0.05) is 30.3 Å². The summed E-state index contributed by atoms with van der Waals surface area (Å²) in [6.45, 7) is 3.00. The molecule has 2 fully saturated rings. The van der Waals surface area contributed by atoms with Crippen LogP contribution in [0.1, 0.15) is 37.7 Å². The Labute approximate surface area is 138 Å². The predicted molar refractivity (Wildman–Crippen MR) is 90.8 cm³/mol. The van der Waals surface area contributed by atoms with Gasteiger partial charge in [0.15, 0.2) is 0 Å². The normalized spacial score (nSPS) is 23.4. The van der Waals surface area contributed by atoms with E-state index >= 15 is 0 Å². The van der Waals surface area contributed by atoms with Crippen molar-refractivity contribution in [2.45, 2.75) is 44.7 Å². The summed E-state index contributed by atoms with van der Waals surface area (Å²) in [6, 6.07) is 10.6. The van der Waals surface area contributed by atoms with Crippen LogP contribution in [0.4, 0.5) is 0 Å². The van der Waals surface area contributed by atoms with Crippen LogP contribution in [-0.4, -0.2) is 41.7 Å². The third-order valence-corrected chi connectivity index (χ3v) is 5.08. The number of hydrogen-bond donors (Lipinski definition) is 2. The first-order chi connectivity index (χ1) is 11.3. The van der Waals surface area contributed by atoms with Crippen LogP contribution in [-0.2, 0) is 11.3 Å². The topological polar surface area (TPSA) is 52.6 Å². The molecule has 0 bridgehead atoms. The van der Waals surface area contributed by atoms with Gasteiger partial charge in [0.05, 0.1) is 5.92 Å². The van der Waals surface area contributed by atoms with E-state index in [4.69, 9.17) is 0 Å². The van der Waals surface area contributed by atoms with Crippen LogP contribution in [0.3, 0.4) is 0 Å². The first-order valence-electron chi connectivity index (χ1n) is 8.94. The Morgan fingerprint density at radius 3 is 2.74 bits per heavy atom. The zero-order valence-corrected chi connectivity index (χ0v) is 13.8. The minimum absolute atomic E-state index is 0.0902. The number of piperidine rings is 1. The van der Waals surface area contributed by atoms with E-state index in [-0.39, 0.29) is 24.5 Å². The number of nitrogens with zero attached hydrogens (tertiary/aromatic N) is 1. The number of aliphatic hydroxyl groups is 1. The van der Waals surface area contributed by atoms with Gasteiger partial charge >= 0.3 is 0 Å². The minimum Gasteiger partial charge on any atom is -0.396 e. The van der Waals surface area contributed by atoms with Crippen molar-refractivity contribution < 1.29 is 9.90 Å². The number of aliphatic hydroxyl groups excluding tert-OH is 1. The highest BCUT2D eigenvalue weighted by molar-refractivity contribution is 5.79. The molecule has 1 heterocycles. The second-order valence-corrected chi connectivity index (χ2v) is 7.02. The van der Waals surface area contributed by atoms with Gasteiger partial charge in [-0.3, -0.25) is 9.69 Å². The summed E-state index contributed by atoms with van der Waals surface area (Å²) in [5.74, 6) is 0.871. The van der Waals surface area contributed by atoms with Crippen LogP contribution in [0.5, 0.6) is 0 Å². The summed E-state index contributed by atoms with van der Waals surface area (Å²) in [5.41, 5.74) is 1.31. The molecule has 3 rings (SSSR count). The van der Waals surface area contributed by atoms with E-state index in [0.717, 1.165) is 32.5 Å². The first kappa shape index (κ1) is 16.5. The molecule has 0 radical (unpaired) electrons. The summed E-state index contributed by atoms with van der Waals surface area (Å²) in [5, 5.41) is 12.4. The van der Waals surface area contributed by atoms with Crippen LogP contribution < -0.4 is 5.32 Å². The van der Waals surface area contributed by atoms with Crippen molar-refractivity contribution in [2.24, 2.45) is 11.8 Å². The van der Waals surface area contributed by atoms with Crippen molar-refractivity contribution in [1.82, 2.24) is 10.2 Å². The van der Waals surface area contributed by atoms with Crippen molar-refractivity contribution in [2.75, 3.05) is 19.7 Å². The molecule has 4 heteroatoms. The van der Waals surface area contributed by atoms with Gasteiger partial charge in [0, 0.05) is 25.7 Å². The highest BCUT2D eigenvalue weighted by atomic mass is 16.3. The molecular formula is C19H28N2O2. The van der Waals surface area contributed by atoms with Crippen LogP contribution in [0, 0.1) is 11.8 Å². The molecule has 23 heavy (non-hydrogen) atoms. The fraction of sp³-hybridized carbons (Fsp3) is 0.632. The quantitative estimate of drug-likeness (QED) is 0.811. The van der Waals surface area contributed by atoms with Gasteiger partial charge in [-0.15, -0.1) is 0 Å². The average Bonchev–Trinajstić information content (AvgIpc) is 3.40. The lowest BCUT2D eigenvalue weighted by molar-refractivity contribution is -0.127. The first-order valence-corrected chi connectivity index (χ1v) is 8.94. The molecule has 4 nitrogen and oxygen atoms in total. The van der Waals surface area contributed by atoms with Crippen LogP contribution in [0.2, 0.25) is 0 Å². The number of benzene rings is 1. The standard InChI is InChI=1S/C19H28N2O2/c22-12-10-18(16-8-9-16)20-19(23)17-7-4-11-21(14-17)13-15-5-2-1-3-6-15/h1-3,5-6,16-18,22H,4,7-14H2,(H,20,23). The summed E-state index contributed by atoms with van der Waals surface area (Å²) in [4.78, 5) is 15.0. The molecule has 0 spiro atoms. The van der Waals surface area contributed by atoms with Gasteiger partial charge in [-0.25, -0.2) is 0 Å². The summed E-state index contributed by atoms with van der Waals surface area (Å²) < 4.78 is 0. The smallest absolute Gasteiger partial charge is 0.224 e. The van der Waals surface area contributed by atoms with Gasteiger partial charge in [-0.05, 0) is 50.1 Å². The van der Waals surface area contributed by atoms with Crippen molar-refractivity contribution >= 4 is 5.91 Å². The Morgan fingerprint density at radius 2 is 2.04 bits per heavy atom. The number of likely N-dealkylation sites (tertiary alicyclic amines) is 1. The molecule has 0 aromatic heterocycles. The average molecular weight is 316 g/mol. The summed E-state index contributed by atoms with van der Waals surface area (Å²) in [6.07, 6.45) is 5.13. The van der Waals surface area contributed by atoms with E-state index < -0.39 is 0 Å². The van der Waals surface area contributed by atoms with E-state index in [1.165, 1.54) is 18.4 Å². The Bertz CT molecular complexity index is 501. The number of carbonyl (C=O) groups excluding carboxylic acids is 1. The molecule has 2 unspecified atom stereocenters. The van der Waals surface area contributed by atoms with Gasteiger partial charge < -0.3 is 10.4 Å². The molecule has 1 saturated heterocycles. The van der Waals surface area contributed by atoms with Gasteiger partial charge in [0.2, 0.25) is 5.91 Å². The lowest BCUT2D eigenvalue weighted by Crippen LogP contribution is -2.46. The Hall–Kier alpha value is -1.39. The molecule has 1 saturated carbocycles. The SMILES string of the molecule is O=C(NC(CCO)C1CC1)C1CCCN(Cc2ccccc2)C1. The fourth-order valence-electron chi connectivity index (χ4n) is 3.62. The molecule has 2 aliphatic rings. The summed E-state index contributed by atoms with van der Waals surface area (Å²) in [7, 11) is 0. The lowest BCUT2D eigenvalue weighted by Gasteiger charge is -2.33. The Morgan fingerprint density at radius 1 is 1.26 bits per heavy atom. The van der Waals surface area contributed by atoms with E-state index in [2.05, 4.69) is 34.5 Å². The molecule has 2 N–H and O–H groups in total. The number of nitrogens with one attached hydrogen (secondary N) is 1. The molecular weight excluding hydrogens is 288 g/mol. The fourth-order valence-corrected chi connectivity index (χ4v) is 3.62. The summed E-state index contributed by atoms with van der Waals surface area (Å²) >= 11 is 0. The Kier molecular flexibility index (Phi) is 5.68. The van der Waals surface area contributed by atoms with Crippen molar-refractivity contribution in [3.63, 3.8) is 0 Å². The maximum Gasteiger partial charge on any atom is 0.224 e. The highest BCUT2D eigenvalue weighted by Gasteiger charge is 2.34. The van der Waals surface area contributed by atoms with Crippen LogP contribution in [0.15, 0.2) is 30.3 Å². The van der Waals surface area contributed by atoms with Gasteiger partial charge in [-0.2, -0.15) is 0 Å². The second kappa shape index (κ2) is 7.93. The number of amides is 1. The van der Waals surface area contributed by atoms with E-state index in [1.54, 1.807) is 0 Å². The molecule has 1 aliphatic heterocycles. The molecule has 1 amide bonds. The van der Waals surface area contributed by atoms with Crippen molar-refractivity contribution in [3.05, 3.63) is 35.9 Å². The number of carbonyl (C=O) groups is 1. The van der Waals surface area contributed by atoms with Gasteiger partial charge in [0.25, 0.3) is 0 Å². The number of hydrogen-bond acceptors (Lipinski definition) is 3. The molecule has 126 valence electrons. The van der Waals surface area contributed by atoms with Crippen LogP contribution in [0.25, 0.3) is 0 Å². The van der Waals surface area contributed by atoms with Gasteiger partial charge in [0.1, 0.15) is 0 Å². The maximum atomic E-state index is 12.6. The van der Waals surface area contributed by atoms with Crippen LogP contribution >= 0.6 is 0 Å². The molecule has 1 aromatic rings. The van der Waals surface area contributed by atoms with E-state index in [0.29, 0.717) is 12.3 Å². The third kappa shape index (κ3) is 4.79. The predicted octanol–water partition coefficient (Wildman–Crippen LogP) is 2.18. The van der Waals surface area contributed by atoms with Crippen molar-refractivity contribution in [1.29, 1.82) is 0 Å². The largest absolute Gasteiger partial charge is 0.396 e. The minimum atomic E-state index is 0.0902. The van der Waals surface area contributed by atoms with Crippen molar-refractivity contribution in [3.8, 4) is 0 Å². The number of rotatable bonds is 7. The molecule has 2 atom stereocenters. The highest BCUT2D eigenvalue weighted by Crippen LogP contribution is 2.34. The second-order valence-electron chi connectivity index (χ2n) is 7.02. The lowest BCUT2D eigenvalue weighted by atomic mass is 9.95. The zero-order valence-electron chi connectivity index (χ0n) is 13.8. The zero-order chi connectivity index (χ0) is 16.1. The molecule has 1 aromatic carbocycles. The monoisotopic (exact) mass is 316 g/mol. The maximum absolute atomic E-state index is 12.6. The van der Waals surface area contributed by atoms with E-state index in [9.17, 15) is 9.90 Å². The third-order valence-electron chi connectivity index (χ3n) is 5.08. The Balaban J connectivity index is 1.52. The van der Waals surface area contributed by atoms with E-state index in [1.807, 2.05) is 6.07 Å². The molecule has 1 aliphatic carbocycles.